The van der Waals surface area contributed by atoms with E-state index >= 15 is 0 Å². The molecule has 138 valence electrons. The summed E-state index contributed by atoms with van der Waals surface area (Å²) in [6.45, 7) is 4.31. The van der Waals surface area contributed by atoms with E-state index in [-0.39, 0.29) is 11.3 Å². The smallest absolute Gasteiger partial charge is 0.224 e. The van der Waals surface area contributed by atoms with Crippen molar-refractivity contribution < 1.29 is 4.79 Å². The molecule has 2 heteroatoms. The zero-order valence-electron chi connectivity index (χ0n) is 16.2. The van der Waals surface area contributed by atoms with Gasteiger partial charge >= 0.3 is 0 Å². The molecular formula is C26H23NO. The van der Waals surface area contributed by atoms with Crippen LogP contribution >= 0.6 is 0 Å². The van der Waals surface area contributed by atoms with Gasteiger partial charge in [0.1, 0.15) is 0 Å². The minimum Gasteiger partial charge on any atom is -0.325 e. The SMILES string of the molecule is CC(C)(CC(=O)Nc1ccc2ccc3cccc4ccc1c2c34)C1C=CC=C1. The molecule has 0 heterocycles. The van der Waals surface area contributed by atoms with Crippen molar-refractivity contribution in [1.82, 2.24) is 0 Å². The van der Waals surface area contributed by atoms with Gasteiger partial charge in [0.05, 0.1) is 0 Å². The number of allylic oxidation sites excluding steroid dienone is 4. The molecule has 1 N–H and O–H groups in total. The molecular weight excluding hydrogens is 342 g/mol. The highest BCUT2D eigenvalue weighted by Crippen LogP contribution is 2.39. The molecule has 0 unspecified atom stereocenters. The zero-order chi connectivity index (χ0) is 19.3. The van der Waals surface area contributed by atoms with Gasteiger partial charge < -0.3 is 5.32 Å². The first-order chi connectivity index (χ1) is 13.5. The van der Waals surface area contributed by atoms with Crippen molar-refractivity contribution in [3.05, 3.63) is 78.9 Å². The monoisotopic (exact) mass is 365 g/mol. The van der Waals surface area contributed by atoms with Crippen LogP contribution in [0.4, 0.5) is 5.69 Å². The van der Waals surface area contributed by atoms with Gasteiger partial charge in [-0.05, 0) is 38.4 Å². The van der Waals surface area contributed by atoms with E-state index in [9.17, 15) is 4.79 Å². The Hall–Kier alpha value is -3.13. The molecule has 5 rings (SSSR count). The van der Waals surface area contributed by atoms with Crippen molar-refractivity contribution >= 4 is 43.9 Å². The van der Waals surface area contributed by atoms with Crippen LogP contribution < -0.4 is 5.32 Å². The lowest BCUT2D eigenvalue weighted by Gasteiger charge is -2.28. The van der Waals surface area contributed by atoms with Crippen molar-refractivity contribution in [3.8, 4) is 0 Å². The van der Waals surface area contributed by atoms with Crippen molar-refractivity contribution in [2.75, 3.05) is 5.32 Å². The summed E-state index contributed by atoms with van der Waals surface area (Å²) in [6.07, 6.45) is 8.94. The zero-order valence-corrected chi connectivity index (χ0v) is 16.2. The first kappa shape index (κ1) is 17.0. The fraction of sp³-hybridized carbons (Fsp3) is 0.192. The fourth-order valence-corrected chi connectivity index (χ4v) is 4.52. The Morgan fingerprint density at radius 1 is 0.857 bits per heavy atom. The predicted molar refractivity (Wildman–Crippen MR) is 119 cm³/mol. The molecule has 1 amide bonds. The van der Waals surface area contributed by atoms with Crippen LogP contribution in [0.5, 0.6) is 0 Å². The second-order valence-electron chi connectivity index (χ2n) is 8.48. The molecule has 0 saturated carbocycles. The van der Waals surface area contributed by atoms with Crippen molar-refractivity contribution in [2.45, 2.75) is 20.3 Å². The topological polar surface area (TPSA) is 29.1 Å². The Balaban J connectivity index is 1.53. The lowest BCUT2D eigenvalue weighted by Crippen LogP contribution is -2.27. The van der Waals surface area contributed by atoms with Crippen molar-refractivity contribution in [3.63, 3.8) is 0 Å². The summed E-state index contributed by atoms with van der Waals surface area (Å²) in [5, 5.41) is 10.5. The maximum Gasteiger partial charge on any atom is 0.224 e. The molecule has 0 aromatic heterocycles. The molecule has 0 saturated heterocycles. The number of hydrogen-bond donors (Lipinski definition) is 1. The highest BCUT2D eigenvalue weighted by atomic mass is 16.1. The average molecular weight is 365 g/mol. The second-order valence-corrected chi connectivity index (χ2v) is 8.48. The standard InChI is InChI=1S/C26H23NO/c1-26(2,20-8-3-4-9-20)16-23(28)27-22-15-13-19-11-10-17-6-5-7-18-12-14-21(22)25(19)24(17)18/h3-15,20H,16H2,1-2H3,(H,27,28). The maximum atomic E-state index is 12.9. The van der Waals surface area contributed by atoms with Crippen LogP contribution in [0, 0.1) is 11.3 Å². The number of anilines is 1. The van der Waals surface area contributed by atoms with Gasteiger partial charge in [-0.25, -0.2) is 0 Å². The first-order valence-corrected chi connectivity index (χ1v) is 9.84. The van der Waals surface area contributed by atoms with Gasteiger partial charge in [0.2, 0.25) is 5.91 Å². The molecule has 1 aliphatic rings. The van der Waals surface area contributed by atoms with E-state index in [2.05, 4.69) is 92.0 Å². The average Bonchev–Trinajstić information content (AvgIpc) is 3.23. The number of carbonyl (C=O) groups is 1. The largest absolute Gasteiger partial charge is 0.325 e. The van der Waals surface area contributed by atoms with Gasteiger partial charge in [-0.15, -0.1) is 0 Å². The quantitative estimate of drug-likeness (QED) is 0.401. The number of hydrogen-bond acceptors (Lipinski definition) is 1. The van der Waals surface area contributed by atoms with E-state index < -0.39 is 0 Å². The number of carbonyl (C=O) groups excluding carboxylic acids is 1. The first-order valence-electron chi connectivity index (χ1n) is 9.84. The van der Waals surface area contributed by atoms with E-state index in [0.29, 0.717) is 12.3 Å². The number of benzene rings is 4. The number of amides is 1. The Kier molecular flexibility index (Phi) is 3.77. The summed E-state index contributed by atoms with van der Waals surface area (Å²) in [6, 6.07) is 19.2. The Morgan fingerprint density at radius 2 is 1.46 bits per heavy atom. The molecule has 4 aromatic carbocycles. The fourth-order valence-electron chi connectivity index (χ4n) is 4.52. The summed E-state index contributed by atoms with van der Waals surface area (Å²) < 4.78 is 0. The molecule has 4 aromatic rings. The van der Waals surface area contributed by atoms with Crippen LogP contribution in [0.1, 0.15) is 20.3 Å². The Bertz CT molecular complexity index is 1230. The van der Waals surface area contributed by atoms with Crippen LogP contribution in [-0.2, 0) is 4.79 Å². The summed E-state index contributed by atoms with van der Waals surface area (Å²) >= 11 is 0. The van der Waals surface area contributed by atoms with Crippen molar-refractivity contribution in [2.24, 2.45) is 11.3 Å². The maximum absolute atomic E-state index is 12.9. The minimum atomic E-state index is -0.114. The molecule has 0 spiro atoms. The van der Waals surface area contributed by atoms with Gasteiger partial charge in [0.15, 0.2) is 0 Å². The predicted octanol–water partition coefficient (Wildman–Crippen LogP) is 6.68. The molecule has 2 nitrogen and oxygen atoms in total. The molecule has 1 aliphatic carbocycles. The third kappa shape index (κ3) is 2.68. The highest BCUT2D eigenvalue weighted by molar-refractivity contribution is 6.25. The lowest BCUT2D eigenvalue weighted by atomic mass is 9.77. The normalized spacial score (nSPS) is 14.6. The molecule has 0 atom stereocenters. The summed E-state index contributed by atoms with van der Waals surface area (Å²) in [5.41, 5.74) is 0.779. The highest BCUT2D eigenvalue weighted by Gasteiger charge is 2.29. The Morgan fingerprint density at radius 3 is 2.18 bits per heavy atom. The van der Waals surface area contributed by atoms with Gasteiger partial charge in [-0.2, -0.15) is 0 Å². The number of rotatable bonds is 4. The number of nitrogens with one attached hydrogen (secondary N) is 1. The van der Waals surface area contributed by atoms with E-state index in [1.165, 1.54) is 26.9 Å². The summed E-state index contributed by atoms with van der Waals surface area (Å²) in [5.74, 6) is 0.369. The summed E-state index contributed by atoms with van der Waals surface area (Å²) in [7, 11) is 0. The third-order valence-electron chi connectivity index (χ3n) is 6.07. The van der Waals surface area contributed by atoms with Crippen LogP contribution in [0.15, 0.2) is 78.9 Å². The van der Waals surface area contributed by atoms with Gasteiger partial charge in [0.25, 0.3) is 0 Å². The summed E-state index contributed by atoms with van der Waals surface area (Å²) in [4.78, 5) is 12.9. The van der Waals surface area contributed by atoms with E-state index in [1.54, 1.807) is 0 Å². The van der Waals surface area contributed by atoms with E-state index in [1.807, 2.05) is 6.07 Å². The molecule has 28 heavy (non-hydrogen) atoms. The minimum absolute atomic E-state index is 0.0636. The molecule has 0 fully saturated rings. The lowest BCUT2D eigenvalue weighted by molar-refractivity contribution is -0.118. The van der Waals surface area contributed by atoms with E-state index in [4.69, 9.17) is 0 Å². The molecule has 0 aliphatic heterocycles. The van der Waals surface area contributed by atoms with Crippen LogP contribution in [0.25, 0.3) is 32.3 Å². The Labute approximate surface area is 164 Å². The second kappa shape index (κ2) is 6.20. The third-order valence-corrected chi connectivity index (χ3v) is 6.07. The van der Waals surface area contributed by atoms with Crippen LogP contribution in [0.2, 0.25) is 0 Å². The molecule has 0 bridgehead atoms. The molecule has 0 radical (unpaired) electrons. The van der Waals surface area contributed by atoms with Gasteiger partial charge in [-0.3, -0.25) is 4.79 Å². The van der Waals surface area contributed by atoms with Gasteiger partial charge in [-0.1, -0.05) is 86.7 Å². The van der Waals surface area contributed by atoms with Crippen molar-refractivity contribution in [1.29, 1.82) is 0 Å². The van der Waals surface area contributed by atoms with Crippen LogP contribution in [0.3, 0.4) is 0 Å². The van der Waals surface area contributed by atoms with Crippen LogP contribution in [-0.4, -0.2) is 5.91 Å². The van der Waals surface area contributed by atoms with Gasteiger partial charge in [0, 0.05) is 23.4 Å². The van der Waals surface area contributed by atoms with E-state index in [0.717, 1.165) is 11.1 Å².